The van der Waals surface area contributed by atoms with Gasteiger partial charge in [0.2, 0.25) is 0 Å². The van der Waals surface area contributed by atoms with Crippen LogP contribution in [0.1, 0.15) is 63.4 Å². The molecule has 1 aliphatic heterocycles. The molecule has 1 aromatic heterocycles. The van der Waals surface area contributed by atoms with Crippen molar-refractivity contribution in [2.75, 3.05) is 26.2 Å². The highest BCUT2D eigenvalue weighted by Crippen LogP contribution is 2.30. The molecule has 0 bridgehead atoms. The summed E-state index contributed by atoms with van der Waals surface area (Å²) in [6, 6.07) is 11.6. The van der Waals surface area contributed by atoms with Gasteiger partial charge < -0.3 is 0 Å². The first-order valence-corrected chi connectivity index (χ1v) is 11.0. The first kappa shape index (κ1) is 19.5. The maximum Gasteiger partial charge on any atom is 0.168 e. The molecule has 0 N–H and O–H groups in total. The van der Waals surface area contributed by atoms with E-state index in [1.165, 1.54) is 44.3 Å². The number of rotatable bonds is 7. The lowest BCUT2D eigenvalue weighted by atomic mass is 10.0. The molecule has 0 spiro atoms. The molecular weight excluding hydrogens is 348 g/mol. The quantitative estimate of drug-likeness (QED) is 0.735. The zero-order valence-electron chi connectivity index (χ0n) is 17.4. The van der Waals surface area contributed by atoms with E-state index in [9.17, 15) is 0 Å². The summed E-state index contributed by atoms with van der Waals surface area (Å²) in [4.78, 5) is 5.35. The molecule has 28 heavy (non-hydrogen) atoms. The predicted octanol–water partition coefficient (Wildman–Crippen LogP) is 3.37. The van der Waals surface area contributed by atoms with Crippen LogP contribution < -0.4 is 0 Å². The van der Waals surface area contributed by atoms with Gasteiger partial charge in [-0.15, -0.1) is 5.10 Å². The molecule has 2 aliphatic rings. The van der Waals surface area contributed by atoms with Gasteiger partial charge in [-0.25, -0.2) is 4.68 Å². The van der Waals surface area contributed by atoms with Crippen LogP contribution in [-0.2, 0) is 6.54 Å². The van der Waals surface area contributed by atoms with Crippen molar-refractivity contribution in [1.29, 1.82) is 0 Å². The molecule has 6 nitrogen and oxygen atoms in total. The molecule has 152 valence electrons. The van der Waals surface area contributed by atoms with Crippen LogP contribution in [-0.4, -0.2) is 62.2 Å². The fraction of sp³-hybridized carbons (Fsp3) is 0.682. The van der Waals surface area contributed by atoms with Gasteiger partial charge in [0.05, 0.1) is 12.6 Å². The van der Waals surface area contributed by atoms with Crippen molar-refractivity contribution >= 4 is 0 Å². The van der Waals surface area contributed by atoms with Gasteiger partial charge in [0.1, 0.15) is 0 Å². The van der Waals surface area contributed by atoms with Crippen molar-refractivity contribution in [2.45, 2.75) is 64.6 Å². The molecule has 2 heterocycles. The Morgan fingerprint density at radius 3 is 2.39 bits per heavy atom. The van der Waals surface area contributed by atoms with Crippen molar-refractivity contribution in [3.05, 3.63) is 41.7 Å². The molecule has 0 amide bonds. The highest BCUT2D eigenvalue weighted by Gasteiger charge is 2.32. The number of hydrogen-bond acceptors (Lipinski definition) is 5. The summed E-state index contributed by atoms with van der Waals surface area (Å²) in [7, 11) is 0. The first-order valence-electron chi connectivity index (χ1n) is 11.0. The molecular formula is C22H34N6. The molecule has 2 aromatic rings. The molecule has 2 fully saturated rings. The minimum absolute atomic E-state index is 0.296. The fourth-order valence-electron chi connectivity index (χ4n) is 4.87. The molecule has 1 aromatic carbocycles. The van der Waals surface area contributed by atoms with Crippen LogP contribution in [0.3, 0.4) is 0 Å². The Bertz CT molecular complexity index is 714. The zero-order valence-corrected chi connectivity index (χ0v) is 17.4. The number of hydrogen-bond donors (Lipinski definition) is 0. The van der Waals surface area contributed by atoms with Crippen LogP contribution in [0, 0.1) is 5.92 Å². The average molecular weight is 383 g/mol. The average Bonchev–Trinajstić information content (AvgIpc) is 3.39. The number of benzene rings is 1. The van der Waals surface area contributed by atoms with E-state index in [0.717, 1.165) is 37.9 Å². The van der Waals surface area contributed by atoms with Crippen LogP contribution in [0.25, 0.3) is 0 Å². The highest BCUT2D eigenvalue weighted by atomic mass is 15.6. The first-order chi connectivity index (χ1) is 13.7. The standard InChI is InChI=1S/C22H34N6/c1-18(2)16-21(27-14-12-26(13-15-27)20-10-6-7-11-20)22-23-24-25-28(22)17-19-8-4-3-5-9-19/h3-5,8-9,18,20-21H,6-7,10-17H2,1-2H3/t21-/m0/s1. The minimum atomic E-state index is 0.296. The van der Waals surface area contributed by atoms with Gasteiger partial charge in [-0.3, -0.25) is 9.80 Å². The summed E-state index contributed by atoms with van der Waals surface area (Å²) < 4.78 is 2.01. The monoisotopic (exact) mass is 382 g/mol. The third-order valence-electron chi connectivity index (χ3n) is 6.36. The van der Waals surface area contributed by atoms with Crippen LogP contribution in [0.5, 0.6) is 0 Å². The van der Waals surface area contributed by atoms with Crippen LogP contribution in [0.15, 0.2) is 30.3 Å². The largest absolute Gasteiger partial charge is 0.298 e. The van der Waals surface area contributed by atoms with E-state index in [2.05, 4.69) is 69.5 Å². The van der Waals surface area contributed by atoms with Crippen molar-refractivity contribution < 1.29 is 0 Å². The lowest BCUT2D eigenvalue weighted by molar-refractivity contribution is 0.0588. The maximum absolute atomic E-state index is 4.48. The Labute approximate surface area is 168 Å². The molecule has 1 saturated carbocycles. The highest BCUT2D eigenvalue weighted by molar-refractivity contribution is 5.15. The van der Waals surface area contributed by atoms with Crippen LogP contribution >= 0.6 is 0 Å². The summed E-state index contributed by atoms with van der Waals surface area (Å²) in [5, 5.41) is 12.9. The Morgan fingerprint density at radius 1 is 1.00 bits per heavy atom. The summed E-state index contributed by atoms with van der Waals surface area (Å²) in [5.74, 6) is 1.63. The number of piperazine rings is 1. The number of tetrazole rings is 1. The second kappa shape index (κ2) is 9.14. The Balaban J connectivity index is 1.47. The van der Waals surface area contributed by atoms with E-state index in [0.29, 0.717) is 12.0 Å². The summed E-state index contributed by atoms with van der Waals surface area (Å²) in [6.07, 6.45) is 6.71. The van der Waals surface area contributed by atoms with Crippen LogP contribution in [0.2, 0.25) is 0 Å². The smallest absolute Gasteiger partial charge is 0.168 e. The third-order valence-corrected chi connectivity index (χ3v) is 6.36. The Morgan fingerprint density at radius 2 is 1.71 bits per heavy atom. The van der Waals surface area contributed by atoms with E-state index >= 15 is 0 Å². The lowest BCUT2D eigenvalue weighted by Gasteiger charge is -2.41. The van der Waals surface area contributed by atoms with E-state index in [1.54, 1.807) is 0 Å². The molecule has 1 atom stereocenters. The molecule has 6 heteroatoms. The zero-order chi connectivity index (χ0) is 19.3. The third kappa shape index (κ3) is 4.61. The molecule has 4 rings (SSSR count). The Hall–Kier alpha value is -1.79. The van der Waals surface area contributed by atoms with Gasteiger partial charge in [0.25, 0.3) is 0 Å². The van der Waals surface area contributed by atoms with Crippen molar-refractivity contribution in [3.8, 4) is 0 Å². The Kier molecular flexibility index (Phi) is 6.37. The van der Waals surface area contributed by atoms with E-state index in [4.69, 9.17) is 0 Å². The second-order valence-electron chi connectivity index (χ2n) is 8.84. The topological polar surface area (TPSA) is 50.1 Å². The van der Waals surface area contributed by atoms with Gasteiger partial charge in [-0.1, -0.05) is 57.0 Å². The normalized spacial score (nSPS) is 20.8. The summed E-state index contributed by atoms with van der Waals surface area (Å²) in [5.41, 5.74) is 1.24. The summed E-state index contributed by atoms with van der Waals surface area (Å²) >= 11 is 0. The van der Waals surface area contributed by atoms with Gasteiger partial charge >= 0.3 is 0 Å². The predicted molar refractivity (Wildman–Crippen MR) is 111 cm³/mol. The molecule has 0 unspecified atom stereocenters. The molecule has 1 saturated heterocycles. The SMILES string of the molecule is CC(C)C[C@@H](c1nnnn1Cc1ccccc1)N1CCN(C2CCCC2)CC1. The molecule has 0 radical (unpaired) electrons. The van der Waals surface area contributed by atoms with Gasteiger partial charge in [0, 0.05) is 32.2 Å². The van der Waals surface area contributed by atoms with Gasteiger partial charge in [0.15, 0.2) is 5.82 Å². The number of aromatic nitrogens is 4. The summed E-state index contributed by atoms with van der Waals surface area (Å²) in [6.45, 7) is 9.93. The fourth-order valence-corrected chi connectivity index (χ4v) is 4.87. The second-order valence-corrected chi connectivity index (χ2v) is 8.84. The van der Waals surface area contributed by atoms with Crippen LogP contribution in [0.4, 0.5) is 0 Å². The van der Waals surface area contributed by atoms with Crippen molar-refractivity contribution in [2.24, 2.45) is 5.92 Å². The van der Waals surface area contributed by atoms with E-state index < -0.39 is 0 Å². The van der Waals surface area contributed by atoms with E-state index in [1.807, 2.05) is 4.68 Å². The van der Waals surface area contributed by atoms with Crippen molar-refractivity contribution in [1.82, 2.24) is 30.0 Å². The number of nitrogens with zero attached hydrogens (tertiary/aromatic N) is 6. The lowest BCUT2D eigenvalue weighted by Crippen LogP contribution is -2.51. The minimum Gasteiger partial charge on any atom is -0.298 e. The van der Waals surface area contributed by atoms with Gasteiger partial charge in [-0.2, -0.15) is 0 Å². The van der Waals surface area contributed by atoms with Crippen molar-refractivity contribution in [3.63, 3.8) is 0 Å². The van der Waals surface area contributed by atoms with Gasteiger partial charge in [-0.05, 0) is 41.2 Å². The molecule has 1 aliphatic carbocycles. The maximum atomic E-state index is 4.48. The van der Waals surface area contributed by atoms with E-state index in [-0.39, 0.29) is 0 Å².